The van der Waals surface area contributed by atoms with E-state index in [1.165, 1.54) is 29.5 Å². The van der Waals surface area contributed by atoms with E-state index in [2.05, 4.69) is 9.97 Å². The van der Waals surface area contributed by atoms with Crippen molar-refractivity contribution in [1.82, 2.24) is 19.1 Å². The number of hydrogen-bond acceptors (Lipinski definition) is 3. The number of aromatic nitrogens is 4. The van der Waals surface area contributed by atoms with Crippen LogP contribution in [0.15, 0.2) is 24.9 Å². The van der Waals surface area contributed by atoms with Crippen LogP contribution in [0.2, 0.25) is 0 Å². The number of hydrogen-bond donors (Lipinski definition) is 0. The summed E-state index contributed by atoms with van der Waals surface area (Å²) in [5.41, 5.74) is 0.259. The molecule has 0 unspecified atom stereocenters. The molecule has 0 spiro atoms. The van der Waals surface area contributed by atoms with Crippen molar-refractivity contribution in [2.24, 2.45) is 0 Å². The van der Waals surface area contributed by atoms with E-state index in [0.717, 1.165) is 4.57 Å². The van der Waals surface area contributed by atoms with Crippen LogP contribution in [0.3, 0.4) is 0 Å². The normalized spacial score (nSPS) is 10.9. The molecule has 7 heteroatoms. The third-order valence-corrected chi connectivity index (χ3v) is 2.06. The van der Waals surface area contributed by atoms with Gasteiger partial charge in [0.1, 0.15) is 11.5 Å². The molecule has 16 heavy (non-hydrogen) atoms. The van der Waals surface area contributed by atoms with Crippen LogP contribution >= 0.6 is 0 Å². The summed E-state index contributed by atoms with van der Waals surface area (Å²) in [6.07, 6.45) is 5.97. The molecule has 2 aromatic heterocycles. The largest absolute Gasteiger partial charge is 0.329 e. The Kier molecular flexibility index (Phi) is 2.76. The van der Waals surface area contributed by atoms with E-state index in [4.69, 9.17) is 0 Å². The van der Waals surface area contributed by atoms with Gasteiger partial charge in [-0.25, -0.2) is 9.97 Å². The highest BCUT2D eigenvalue weighted by Gasteiger charge is 2.11. The number of nitrogens with zero attached hydrogens (tertiary/aromatic N) is 4. The first-order valence-electron chi connectivity index (χ1n) is 4.47. The summed E-state index contributed by atoms with van der Waals surface area (Å²) in [5, 5.41) is 0. The molecule has 0 aromatic carbocycles. The van der Waals surface area contributed by atoms with Gasteiger partial charge in [0.2, 0.25) is 0 Å². The van der Waals surface area contributed by atoms with Crippen LogP contribution in [-0.2, 0) is 6.54 Å². The van der Waals surface area contributed by atoms with E-state index in [0.29, 0.717) is 6.29 Å². The second-order valence-corrected chi connectivity index (χ2v) is 3.12. The zero-order chi connectivity index (χ0) is 11.5. The van der Waals surface area contributed by atoms with Gasteiger partial charge in [0.15, 0.2) is 6.29 Å². The zero-order valence-electron chi connectivity index (χ0n) is 8.12. The fourth-order valence-electron chi connectivity index (χ4n) is 1.33. The smallest absolute Gasteiger partial charge is 0.319 e. The molecule has 0 saturated carbocycles. The van der Waals surface area contributed by atoms with Gasteiger partial charge in [-0.15, -0.1) is 0 Å². The third kappa shape index (κ3) is 1.97. The van der Waals surface area contributed by atoms with Crippen molar-refractivity contribution < 1.29 is 13.6 Å². The number of alkyl halides is 2. The fourth-order valence-corrected chi connectivity index (χ4v) is 1.33. The number of imidazole rings is 2. The van der Waals surface area contributed by atoms with Crippen molar-refractivity contribution in [2.45, 2.75) is 13.1 Å². The third-order valence-electron chi connectivity index (χ3n) is 2.06. The SMILES string of the molecule is O=Cc1cn(Cc2nccn2C(F)F)cn1. The minimum absolute atomic E-state index is 0.151. The van der Waals surface area contributed by atoms with Gasteiger partial charge in [-0.3, -0.25) is 9.36 Å². The Bertz CT molecular complexity index is 491. The van der Waals surface area contributed by atoms with Crippen LogP contribution in [0.5, 0.6) is 0 Å². The lowest BCUT2D eigenvalue weighted by Crippen LogP contribution is -2.07. The van der Waals surface area contributed by atoms with Crippen LogP contribution < -0.4 is 0 Å². The maximum atomic E-state index is 12.5. The molecule has 5 nitrogen and oxygen atoms in total. The summed E-state index contributed by atoms with van der Waals surface area (Å²) in [5.74, 6) is 0.213. The first-order valence-corrected chi connectivity index (χ1v) is 4.47. The molecule has 0 saturated heterocycles. The number of carbonyl (C=O) groups excluding carboxylic acids is 1. The van der Waals surface area contributed by atoms with Crippen molar-refractivity contribution in [3.05, 3.63) is 36.4 Å². The Balaban J connectivity index is 2.20. The second kappa shape index (κ2) is 4.21. The fraction of sp³-hybridized carbons (Fsp3) is 0.222. The van der Waals surface area contributed by atoms with Gasteiger partial charge in [-0.2, -0.15) is 8.78 Å². The average molecular weight is 226 g/mol. The van der Waals surface area contributed by atoms with E-state index < -0.39 is 6.55 Å². The highest BCUT2D eigenvalue weighted by molar-refractivity contribution is 5.70. The van der Waals surface area contributed by atoms with Gasteiger partial charge in [-0.1, -0.05) is 0 Å². The molecular formula is C9H8F2N4O. The van der Waals surface area contributed by atoms with Gasteiger partial charge < -0.3 is 4.57 Å². The molecule has 0 atom stereocenters. The lowest BCUT2D eigenvalue weighted by atomic mass is 10.5. The maximum Gasteiger partial charge on any atom is 0.319 e. The summed E-state index contributed by atoms with van der Waals surface area (Å²) >= 11 is 0. The predicted molar refractivity (Wildman–Crippen MR) is 50.2 cm³/mol. The topological polar surface area (TPSA) is 52.7 Å². The zero-order valence-corrected chi connectivity index (χ0v) is 8.12. The maximum absolute atomic E-state index is 12.5. The Hall–Kier alpha value is -2.05. The molecular weight excluding hydrogens is 218 g/mol. The van der Waals surface area contributed by atoms with E-state index in [1.54, 1.807) is 0 Å². The minimum atomic E-state index is -2.62. The Morgan fingerprint density at radius 2 is 2.25 bits per heavy atom. The first kappa shape index (κ1) is 10.5. The van der Waals surface area contributed by atoms with Crippen molar-refractivity contribution in [2.75, 3.05) is 0 Å². The van der Waals surface area contributed by atoms with Crippen LogP contribution in [0, 0.1) is 0 Å². The van der Waals surface area contributed by atoms with Crippen LogP contribution in [0.1, 0.15) is 22.9 Å². The molecule has 0 fully saturated rings. The monoisotopic (exact) mass is 226 g/mol. The van der Waals surface area contributed by atoms with Crippen molar-refractivity contribution >= 4 is 6.29 Å². The molecule has 0 aliphatic rings. The second-order valence-electron chi connectivity index (χ2n) is 3.12. The van der Waals surface area contributed by atoms with Crippen LogP contribution in [0.4, 0.5) is 8.78 Å². The summed E-state index contributed by atoms with van der Waals surface area (Å²) < 4.78 is 27.2. The quantitative estimate of drug-likeness (QED) is 0.739. The van der Waals surface area contributed by atoms with Gasteiger partial charge in [-0.05, 0) is 0 Å². The molecule has 0 bridgehead atoms. The highest BCUT2D eigenvalue weighted by Crippen LogP contribution is 2.13. The summed E-state index contributed by atoms with van der Waals surface area (Å²) in [7, 11) is 0. The summed E-state index contributed by atoms with van der Waals surface area (Å²) in [6, 6.07) is 0. The van der Waals surface area contributed by atoms with Gasteiger partial charge in [0.05, 0.1) is 12.9 Å². The Labute approximate surface area is 89.4 Å². The van der Waals surface area contributed by atoms with Crippen LogP contribution in [0.25, 0.3) is 0 Å². The Morgan fingerprint density at radius 1 is 1.44 bits per heavy atom. The van der Waals surface area contributed by atoms with E-state index in [-0.39, 0.29) is 18.1 Å². The molecule has 0 N–H and O–H groups in total. The van der Waals surface area contributed by atoms with Gasteiger partial charge in [0.25, 0.3) is 0 Å². The van der Waals surface area contributed by atoms with Crippen LogP contribution in [-0.4, -0.2) is 25.4 Å². The molecule has 0 radical (unpaired) electrons. The average Bonchev–Trinajstić information content (AvgIpc) is 2.87. The van der Waals surface area contributed by atoms with Crippen molar-refractivity contribution in [3.8, 4) is 0 Å². The van der Waals surface area contributed by atoms with E-state index in [9.17, 15) is 13.6 Å². The number of aldehydes is 1. The van der Waals surface area contributed by atoms with Gasteiger partial charge in [0, 0.05) is 18.6 Å². The minimum Gasteiger partial charge on any atom is -0.329 e. The van der Waals surface area contributed by atoms with E-state index >= 15 is 0 Å². The van der Waals surface area contributed by atoms with Gasteiger partial charge >= 0.3 is 6.55 Å². The molecule has 84 valence electrons. The van der Waals surface area contributed by atoms with E-state index in [1.807, 2.05) is 0 Å². The summed E-state index contributed by atoms with van der Waals surface area (Å²) in [4.78, 5) is 18.0. The molecule has 0 aliphatic carbocycles. The van der Waals surface area contributed by atoms with Crippen molar-refractivity contribution in [1.29, 1.82) is 0 Å². The predicted octanol–water partition coefficient (Wildman–Crippen LogP) is 1.34. The lowest BCUT2D eigenvalue weighted by molar-refractivity contribution is 0.0667. The Morgan fingerprint density at radius 3 is 2.88 bits per heavy atom. The molecule has 2 aromatic rings. The number of halogens is 2. The first-order chi connectivity index (χ1) is 7.70. The lowest BCUT2D eigenvalue weighted by Gasteiger charge is -2.06. The molecule has 0 aliphatic heterocycles. The number of carbonyl (C=O) groups is 1. The molecule has 0 amide bonds. The summed E-state index contributed by atoms with van der Waals surface area (Å²) in [6.45, 7) is -2.47. The van der Waals surface area contributed by atoms with Crippen molar-refractivity contribution in [3.63, 3.8) is 0 Å². The molecule has 2 rings (SSSR count). The molecule has 2 heterocycles. The standard InChI is InChI=1S/C9H8F2N4O/c10-9(11)15-2-1-12-8(15)4-14-3-7(5-16)13-6-14/h1-3,5-6,9H,4H2. The number of rotatable bonds is 4. The highest BCUT2D eigenvalue weighted by atomic mass is 19.3.